The third kappa shape index (κ3) is 3.38. The summed E-state index contributed by atoms with van der Waals surface area (Å²) in [5.41, 5.74) is 2.67. The van der Waals surface area contributed by atoms with E-state index in [0.29, 0.717) is 5.75 Å². The first-order valence-corrected chi connectivity index (χ1v) is 7.03. The predicted molar refractivity (Wildman–Crippen MR) is 87.6 cm³/mol. The van der Waals surface area contributed by atoms with Gasteiger partial charge in [-0.3, -0.25) is 0 Å². The molecule has 108 valence electrons. The zero-order valence-corrected chi connectivity index (χ0v) is 12.2. The number of rotatable bonds is 3. The van der Waals surface area contributed by atoms with Crippen molar-refractivity contribution in [3.05, 3.63) is 78.0 Å². The lowest BCUT2D eigenvalue weighted by molar-refractivity contribution is -0.128. The maximum atomic E-state index is 11.8. The second-order valence-corrected chi connectivity index (χ2v) is 5.00. The lowest BCUT2D eigenvalue weighted by atomic mass is 10.2. The number of aryl methyl sites for hydroxylation is 1. The van der Waals surface area contributed by atoms with Gasteiger partial charge >= 0.3 is 5.97 Å². The largest absolute Gasteiger partial charge is 0.423 e. The number of benzene rings is 2. The molecule has 3 rings (SSSR count). The van der Waals surface area contributed by atoms with Gasteiger partial charge in [0.1, 0.15) is 5.75 Å². The molecule has 0 atom stereocenters. The molecular weight excluding hydrogens is 274 g/mol. The number of carbonyl (C=O) groups excluding carboxylic acids is 1. The van der Waals surface area contributed by atoms with Crippen molar-refractivity contribution < 1.29 is 9.53 Å². The fourth-order valence-electron chi connectivity index (χ4n) is 2.16. The van der Waals surface area contributed by atoms with Crippen LogP contribution in [0, 0.1) is 6.92 Å². The zero-order valence-electron chi connectivity index (χ0n) is 12.2. The maximum Gasteiger partial charge on any atom is 0.336 e. The Balaban J connectivity index is 1.73. The minimum absolute atomic E-state index is 0.416. The van der Waals surface area contributed by atoms with Crippen molar-refractivity contribution in [2.75, 3.05) is 0 Å². The van der Waals surface area contributed by atoms with Gasteiger partial charge in [-0.1, -0.05) is 36.4 Å². The van der Waals surface area contributed by atoms with Crippen LogP contribution in [0.4, 0.5) is 0 Å². The summed E-state index contributed by atoms with van der Waals surface area (Å²) in [6.45, 7) is 1.95. The van der Waals surface area contributed by atoms with Gasteiger partial charge in [0.2, 0.25) is 0 Å². The van der Waals surface area contributed by atoms with Gasteiger partial charge in [-0.2, -0.15) is 0 Å². The van der Waals surface area contributed by atoms with Gasteiger partial charge in [-0.25, -0.2) is 9.78 Å². The van der Waals surface area contributed by atoms with Crippen molar-refractivity contribution in [3.8, 4) is 5.75 Å². The molecule has 0 radical (unpaired) electrons. The van der Waals surface area contributed by atoms with Crippen molar-refractivity contribution in [2.24, 2.45) is 0 Å². The highest BCUT2D eigenvalue weighted by Gasteiger charge is 2.01. The van der Waals surface area contributed by atoms with Crippen LogP contribution in [0.3, 0.4) is 0 Å². The van der Waals surface area contributed by atoms with Gasteiger partial charge in [-0.15, -0.1) is 0 Å². The van der Waals surface area contributed by atoms with Crippen molar-refractivity contribution in [3.63, 3.8) is 0 Å². The lowest BCUT2D eigenvalue weighted by Gasteiger charge is -2.02. The molecule has 1 aromatic heterocycles. The first kappa shape index (κ1) is 14.0. The van der Waals surface area contributed by atoms with E-state index in [9.17, 15) is 4.79 Å². The molecule has 0 bridgehead atoms. The summed E-state index contributed by atoms with van der Waals surface area (Å²) in [5.74, 6) is 0.127. The van der Waals surface area contributed by atoms with E-state index in [2.05, 4.69) is 4.98 Å². The summed E-state index contributed by atoms with van der Waals surface area (Å²) in [5, 5.41) is 1.07. The van der Waals surface area contributed by atoms with Gasteiger partial charge in [0.25, 0.3) is 0 Å². The minimum atomic E-state index is -0.416. The van der Waals surface area contributed by atoms with Crippen LogP contribution in [0.25, 0.3) is 17.0 Å². The molecule has 0 saturated carbocycles. The Bertz CT molecular complexity index is 853. The standard InChI is InChI=1S/C19H15NO2/c1-14-5-4-7-17(13-14)22-19(21)12-11-16-10-9-15-6-2-3-8-18(15)20-16/h2-13H,1H3/b12-11-. The van der Waals surface area contributed by atoms with Crippen molar-refractivity contribution in [1.29, 1.82) is 0 Å². The van der Waals surface area contributed by atoms with Gasteiger partial charge in [0.05, 0.1) is 11.2 Å². The van der Waals surface area contributed by atoms with Crippen LogP contribution in [-0.2, 0) is 4.79 Å². The third-order valence-electron chi connectivity index (χ3n) is 3.22. The lowest BCUT2D eigenvalue weighted by Crippen LogP contribution is -2.03. The van der Waals surface area contributed by atoms with Crippen molar-refractivity contribution in [1.82, 2.24) is 4.98 Å². The number of hydrogen-bond acceptors (Lipinski definition) is 3. The van der Waals surface area contributed by atoms with E-state index >= 15 is 0 Å². The quantitative estimate of drug-likeness (QED) is 0.413. The molecule has 2 aromatic carbocycles. The van der Waals surface area contributed by atoms with Gasteiger partial charge in [-0.05, 0) is 42.8 Å². The number of ether oxygens (including phenoxy) is 1. The average molecular weight is 289 g/mol. The maximum absolute atomic E-state index is 11.8. The number of para-hydroxylation sites is 1. The van der Waals surface area contributed by atoms with Gasteiger partial charge < -0.3 is 4.74 Å². The highest BCUT2D eigenvalue weighted by Crippen LogP contribution is 2.14. The molecule has 22 heavy (non-hydrogen) atoms. The van der Waals surface area contributed by atoms with Crippen LogP contribution < -0.4 is 4.74 Å². The third-order valence-corrected chi connectivity index (χ3v) is 3.22. The number of aromatic nitrogens is 1. The van der Waals surface area contributed by atoms with E-state index in [1.165, 1.54) is 6.08 Å². The van der Waals surface area contributed by atoms with Gasteiger partial charge in [0.15, 0.2) is 0 Å². The molecule has 0 saturated heterocycles. The highest BCUT2D eigenvalue weighted by molar-refractivity contribution is 5.89. The summed E-state index contributed by atoms with van der Waals surface area (Å²) in [4.78, 5) is 16.3. The first-order chi connectivity index (χ1) is 10.7. The molecule has 0 aliphatic rings. The minimum Gasteiger partial charge on any atom is -0.423 e. The first-order valence-electron chi connectivity index (χ1n) is 7.03. The smallest absolute Gasteiger partial charge is 0.336 e. The Kier molecular flexibility index (Phi) is 3.97. The number of carbonyl (C=O) groups is 1. The number of pyridine rings is 1. The summed E-state index contributed by atoms with van der Waals surface area (Å²) in [7, 11) is 0. The summed E-state index contributed by atoms with van der Waals surface area (Å²) in [6.07, 6.45) is 3.05. The molecule has 0 aliphatic carbocycles. The van der Waals surface area contributed by atoms with Crippen LogP contribution in [0.5, 0.6) is 5.75 Å². The second kappa shape index (κ2) is 6.22. The second-order valence-electron chi connectivity index (χ2n) is 5.00. The molecule has 3 nitrogen and oxygen atoms in total. The van der Waals surface area contributed by atoms with Crippen LogP contribution in [-0.4, -0.2) is 11.0 Å². The summed E-state index contributed by atoms with van der Waals surface area (Å²) >= 11 is 0. The molecule has 0 aliphatic heterocycles. The van der Waals surface area contributed by atoms with Crippen LogP contribution in [0.15, 0.2) is 66.7 Å². The van der Waals surface area contributed by atoms with E-state index in [1.807, 2.05) is 61.5 Å². The molecule has 0 amide bonds. The molecule has 3 heteroatoms. The summed E-state index contributed by atoms with van der Waals surface area (Å²) in [6, 6.07) is 19.1. The Labute approximate surface area is 128 Å². The fourth-order valence-corrected chi connectivity index (χ4v) is 2.16. The molecule has 3 aromatic rings. The average Bonchev–Trinajstić information content (AvgIpc) is 2.53. The highest BCUT2D eigenvalue weighted by atomic mass is 16.5. The monoisotopic (exact) mass is 289 g/mol. The Morgan fingerprint density at radius 2 is 1.91 bits per heavy atom. The van der Waals surface area contributed by atoms with E-state index < -0.39 is 5.97 Å². The van der Waals surface area contributed by atoms with E-state index in [-0.39, 0.29) is 0 Å². The van der Waals surface area contributed by atoms with Crippen LogP contribution in [0.2, 0.25) is 0 Å². The molecule has 0 N–H and O–H groups in total. The summed E-state index contributed by atoms with van der Waals surface area (Å²) < 4.78 is 5.25. The number of esters is 1. The number of fused-ring (bicyclic) bond motifs is 1. The van der Waals surface area contributed by atoms with Crippen LogP contribution >= 0.6 is 0 Å². The predicted octanol–water partition coefficient (Wildman–Crippen LogP) is 4.16. The van der Waals surface area contributed by atoms with Crippen molar-refractivity contribution >= 4 is 22.9 Å². The molecule has 0 unspecified atom stereocenters. The SMILES string of the molecule is Cc1cccc(OC(=O)/C=C\c2ccc3ccccc3n2)c1. The normalized spacial score (nSPS) is 11.0. The van der Waals surface area contributed by atoms with Crippen molar-refractivity contribution in [2.45, 2.75) is 6.92 Å². The van der Waals surface area contributed by atoms with Crippen LogP contribution in [0.1, 0.15) is 11.3 Å². The Morgan fingerprint density at radius 3 is 2.77 bits per heavy atom. The molecule has 0 spiro atoms. The van der Waals surface area contributed by atoms with E-state index in [4.69, 9.17) is 4.74 Å². The van der Waals surface area contributed by atoms with E-state index in [1.54, 1.807) is 12.1 Å². The number of hydrogen-bond donors (Lipinski definition) is 0. The van der Waals surface area contributed by atoms with E-state index in [0.717, 1.165) is 22.2 Å². The zero-order chi connectivity index (χ0) is 15.4. The topological polar surface area (TPSA) is 39.2 Å². The molecular formula is C19H15NO2. The van der Waals surface area contributed by atoms with Gasteiger partial charge in [0, 0.05) is 11.5 Å². The Morgan fingerprint density at radius 1 is 1.05 bits per heavy atom. The molecule has 0 fully saturated rings. The molecule has 1 heterocycles. The number of nitrogens with zero attached hydrogens (tertiary/aromatic N) is 1. The fraction of sp³-hybridized carbons (Fsp3) is 0.0526. The Hall–Kier alpha value is -2.94.